The lowest BCUT2D eigenvalue weighted by molar-refractivity contribution is -0.137. The quantitative estimate of drug-likeness (QED) is 0.724. The van der Waals surface area contributed by atoms with Gasteiger partial charge in [0.1, 0.15) is 5.82 Å². The number of hydrogen-bond acceptors (Lipinski definition) is 6. The van der Waals surface area contributed by atoms with Crippen LogP contribution in [0.1, 0.15) is 31.9 Å². The molecular formula is C21H22F3N7O2. The van der Waals surface area contributed by atoms with Crippen molar-refractivity contribution >= 4 is 29.4 Å². The predicted octanol–water partition coefficient (Wildman–Crippen LogP) is 3.46. The van der Waals surface area contributed by atoms with Crippen molar-refractivity contribution in [2.45, 2.75) is 39.0 Å². The van der Waals surface area contributed by atoms with Crippen LogP contribution in [0.2, 0.25) is 0 Å². The molecule has 2 atom stereocenters. The number of carbonyl (C=O) groups excluding carboxylic acids is 2. The molecule has 3 amide bonds. The molecule has 3 rings (SSSR count). The second kappa shape index (κ2) is 9.32. The number of amides is 3. The van der Waals surface area contributed by atoms with Crippen LogP contribution >= 0.6 is 0 Å². The number of nitriles is 1. The SMILES string of the molecule is CC(=O)Nc1nccc(NC(=O)N2C[C@H](C)N(c3ccc(C#N)c(C(F)(F)F)c3)C[C@H]2C)n1. The fraction of sp³-hybridized carbons (Fsp3) is 0.381. The molecule has 2 aromatic rings. The number of hydrogen-bond donors (Lipinski definition) is 2. The Bertz CT molecular complexity index is 1100. The third kappa shape index (κ3) is 5.49. The summed E-state index contributed by atoms with van der Waals surface area (Å²) in [5.41, 5.74) is -1.09. The first kappa shape index (κ1) is 23.8. The van der Waals surface area contributed by atoms with Gasteiger partial charge in [-0.25, -0.2) is 9.78 Å². The van der Waals surface area contributed by atoms with Crippen molar-refractivity contribution < 1.29 is 22.8 Å². The Morgan fingerprint density at radius 1 is 1.15 bits per heavy atom. The van der Waals surface area contributed by atoms with Gasteiger partial charge >= 0.3 is 12.2 Å². The van der Waals surface area contributed by atoms with Gasteiger partial charge in [-0.2, -0.15) is 23.4 Å². The first-order valence-electron chi connectivity index (χ1n) is 10.1. The van der Waals surface area contributed by atoms with E-state index in [1.54, 1.807) is 29.7 Å². The fourth-order valence-electron chi connectivity index (χ4n) is 3.64. The van der Waals surface area contributed by atoms with Crippen molar-refractivity contribution in [2.24, 2.45) is 0 Å². The number of nitrogens with zero attached hydrogens (tertiary/aromatic N) is 5. The minimum atomic E-state index is -4.65. The van der Waals surface area contributed by atoms with Gasteiger partial charge < -0.3 is 9.80 Å². The fourth-order valence-corrected chi connectivity index (χ4v) is 3.64. The average molecular weight is 461 g/mol. The number of rotatable bonds is 3. The lowest BCUT2D eigenvalue weighted by atomic mass is 10.0. The van der Waals surface area contributed by atoms with Gasteiger partial charge in [0.2, 0.25) is 11.9 Å². The van der Waals surface area contributed by atoms with Crippen LogP contribution in [0.4, 0.5) is 35.4 Å². The first-order chi connectivity index (χ1) is 15.5. The number of anilines is 3. The van der Waals surface area contributed by atoms with Crippen LogP contribution in [0.25, 0.3) is 0 Å². The third-order valence-electron chi connectivity index (χ3n) is 5.19. The highest BCUT2D eigenvalue weighted by molar-refractivity contribution is 5.90. The highest BCUT2D eigenvalue weighted by atomic mass is 19.4. The number of aromatic nitrogens is 2. The van der Waals surface area contributed by atoms with Gasteiger partial charge in [-0.1, -0.05) is 0 Å². The molecule has 0 spiro atoms. The molecule has 1 aliphatic heterocycles. The summed E-state index contributed by atoms with van der Waals surface area (Å²) in [6, 6.07) is 5.62. The van der Waals surface area contributed by atoms with E-state index in [2.05, 4.69) is 20.6 Å². The molecule has 0 unspecified atom stereocenters. The topological polar surface area (TPSA) is 114 Å². The molecule has 1 saturated heterocycles. The molecule has 1 fully saturated rings. The number of piperazine rings is 1. The smallest absolute Gasteiger partial charge is 0.365 e. The summed E-state index contributed by atoms with van der Waals surface area (Å²) in [6.45, 7) is 5.44. The molecule has 174 valence electrons. The Hall–Kier alpha value is -3.88. The molecule has 1 aliphatic rings. The molecule has 0 bridgehead atoms. The minimum absolute atomic E-state index is 0.0489. The number of nitrogens with one attached hydrogen (secondary N) is 2. The first-order valence-corrected chi connectivity index (χ1v) is 10.1. The van der Waals surface area contributed by atoms with Gasteiger partial charge in [-0.05, 0) is 38.1 Å². The van der Waals surface area contributed by atoms with E-state index in [1.165, 1.54) is 25.3 Å². The number of benzene rings is 1. The third-order valence-corrected chi connectivity index (χ3v) is 5.19. The maximum absolute atomic E-state index is 13.4. The lowest BCUT2D eigenvalue weighted by Gasteiger charge is -2.45. The largest absolute Gasteiger partial charge is 0.417 e. The molecule has 2 N–H and O–H groups in total. The molecule has 1 aromatic heterocycles. The Morgan fingerprint density at radius 3 is 2.52 bits per heavy atom. The van der Waals surface area contributed by atoms with Gasteiger partial charge in [0.05, 0.1) is 17.2 Å². The van der Waals surface area contributed by atoms with Crippen molar-refractivity contribution in [3.63, 3.8) is 0 Å². The average Bonchev–Trinajstić information content (AvgIpc) is 2.73. The molecule has 0 aliphatic carbocycles. The predicted molar refractivity (Wildman–Crippen MR) is 114 cm³/mol. The van der Waals surface area contributed by atoms with Crippen LogP contribution in [-0.4, -0.2) is 52.0 Å². The highest BCUT2D eigenvalue weighted by Gasteiger charge is 2.36. The van der Waals surface area contributed by atoms with Crippen LogP contribution in [0, 0.1) is 11.3 Å². The normalized spacial score (nSPS) is 18.5. The van der Waals surface area contributed by atoms with Crippen molar-refractivity contribution in [3.8, 4) is 6.07 Å². The Kier molecular flexibility index (Phi) is 6.71. The van der Waals surface area contributed by atoms with Gasteiger partial charge in [-0.3, -0.25) is 15.4 Å². The molecule has 1 aromatic carbocycles. The number of alkyl halides is 3. The molecule has 0 saturated carbocycles. The second-order valence-electron chi connectivity index (χ2n) is 7.72. The summed E-state index contributed by atoms with van der Waals surface area (Å²) in [5.74, 6) is -0.107. The lowest BCUT2D eigenvalue weighted by Crippen LogP contribution is -2.59. The number of halogens is 3. The standard InChI is InChI=1S/C21H22F3N7O2/c1-12-11-31(20(33)29-18-6-7-26-19(28-18)27-14(3)32)13(2)10-30(12)16-5-4-15(9-25)17(8-16)21(22,23)24/h4-8,12-13H,10-11H2,1-3H3,(H2,26,27,28,29,32,33)/t12-,13+/m0/s1. The van der Waals surface area contributed by atoms with E-state index in [1.807, 2.05) is 0 Å². The van der Waals surface area contributed by atoms with Gasteiger partial charge in [0, 0.05) is 44.0 Å². The highest BCUT2D eigenvalue weighted by Crippen LogP contribution is 2.35. The van der Waals surface area contributed by atoms with Crippen molar-refractivity contribution in [3.05, 3.63) is 41.6 Å². The van der Waals surface area contributed by atoms with Crippen molar-refractivity contribution in [2.75, 3.05) is 28.6 Å². The maximum Gasteiger partial charge on any atom is 0.417 e. The van der Waals surface area contributed by atoms with E-state index in [0.717, 1.165) is 12.1 Å². The van der Waals surface area contributed by atoms with Crippen LogP contribution in [0.15, 0.2) is 30.5 Å². The molecule has 12 heteroatoms. The summed E-state index contributed by atoms with van der Waals surface area (Å²) >= 11 is 0. The molecular weight excluding hydrogens is 439 g/mol. The summed E-state index contributed by atoms with van der Waals surface area (Å²) in [6.07, 6.45) is -3.26. The van der Waals surface area contributed by atoms with Gasteiger partial charge in [-0.15, -0.1) is 0 Å². The molecule has 33 heavy (non-hydrogen) atoms. The Morgan fingerprint density at radius 2 is 1.88 bits per heavy atom. The zero-order valence-electron chi connectivity index (χ0n) is 18.1. The molecule has 2 heterocycles. The summed E-state index contributed by atoms with van der Waals surface area (Å²) in [4.78, 5) is 35.3. The van der Waals surface area contributed by atoms with Crippen LogP contribution in [-0.2, 0) is 11.0 Å². The van der Waals surface area contributed by atoms with E-state index < -0.39 is 23.3 Å². The zero-order chi connectivity index (χ0) is 24.3. The van der Waals surface area contributed by atoms with Crippen molar-refractivity contribution in [1.82, 2.24) is 14.9 Å². The summed E-state index contributed by atoms with van der Waals surface area (Å²) < 4.78 is 40.1. The van der Waals surface area contributed by atoms with E-state index >= 15 is 0 Å². The van der Waals surface area contributed by atoms with Crippen LogP contribution in [0.5, 0.6) is 0 Å². The van der Waals surface area contributed by atoms with Crippen LogP contribution < -0.4 is 15.5 Å². The summed E-state index contributed by atoms with van der Waals surface area (Å²) in [5, 5.41) is 14.1. The number of carbonyl (C=O) groups is 2. The van der Waals surface area contributed by atoms with Gasteiger partial charge in [0.25, 0.3) is 0 Å². The Labute approximate surface area is 188 Å². The van der Waals surface area contributed by atoms with Crippen molar-refractivity contribution in [1.29, 1.82) is 5.26 Å². The Balaban J connectivity index is 1.75. The minimum Gasteiger partial charge on any atom is -0.365 e. The number of urea groups is 1. The molecule has 0 radical (unpaired) electrons. The second-order valence-corrected chi connectivity index (χ2v) is 7.72. The van der Waals surface area contributed by atoms with E-state index in [-0.39, 0.29) is 36.3 Å². The van der Waals surface area contributed by atoms with Gasteiger partial charge in [0.15, 0.2) is 0 Å². The van der Waals surface area contributed by atoms with E-state index in [0.29, 0.717) is 12.2 Å². The zero-order valence-corrected chi connectivity index (χ0v) is 18.1. The monoisotopic (exact) mass is 461 g/mol. The maximum atomic E-state index is 13.4. The summed E-state index contributed by atoms with van der Waals surface area (Å²) in [7, 11) is 0. The van der Waals surface area contributed by atoms with E-state index in [9.17, 15) is 22.8 Å². The molecule has 9 nitrogen and oxygen atoms in total. The van der Waals surface area contributed by atoms with E-state index in [4.69, 9.17) is 5.26 Å². The van der Waals surface area contributed by atoms with Crippen LogP contribution in [0.3, 0.4) is 0 Å².